The minimum atomic E-state index is -0.271. The van der Waals surface area contributed by atoms with Crippen molar-refractivity contribution in [3.8, 4) is 17.4 Å². The lowest BCUT2D eigenvalue weighted by Crippen LogP contribution is -1.84. The molecule has 0 aliphatic carbocycles. The van der Waals surface area contributed by atoms with Crippen LogP contribution >= 0.6 is 11.3 Å². The summed E-state index contributed by atoms with van der Waals surface area (Å²) in [5, 5.41) is 21.5. The molecule has 2 aromatic carbocycles. The van der Waals surface area contributed by atoms with Crippen LogP contribution in [0.25, 0.3) is 22.2 Å². The lowest BCUT2D eigenvalue weighted by Gasteiger charge is -2.01. The second kappa shape index (κ2) is 6.45. The summed E-state index contributed by atoms with van der Waals surface area (Å²) >= 11 is 1.40. The molecule has 0 radical (unpaired) electrons. The van der Waals surface area contributed by atoms with Crippen LogP contribution in [0.1, 0.15) is 17.6 Å². The van der Waals surface area contributed by atoms with Gasteiger partial charge in [0.2, 0.25) is 11.0 Å². The van der Waals surface area contributed by atoms with E-state index in [1.54, 1.807) is 0 Å². The minimum absolute atomic E-state index is 0.260. The first kappa shape index (κ1) is 15.5. The Hall–Kier alpha value is -3.06. The maximum atomic E-state index is 10.0. The zero-order valence-electron chi connectivity index (χ0n) is 13.4. The van der Waals surface area contributed by atoms with Gasteiger partial charge < -0.3 is 9.52 Å². The molecule has 0 atom stereocenters. The van der Waals surface area contributed by atoms with Gasteiger partial charge in [0.05, 0.1) is 6.21 Å². The van der Waals surface area contributed by atoms with E-state index in [-0.39, 0.29) is 11.6 Å². The van der Waals surface area contributed by atoms with Crippen molar-refractivity contribution >= 4 is 33.5 Å². The highest BCUT2D eigenvalue weighted by molar-refractivity contribution is 7.14. The third-order valence-electron chi connectivity index (χ3n) is 3.71. The number of oxazole rings is 1. The molecule has 124 valence electrons. The van der Waals surface area contributed by atoms with E-state index in [0.29, 0.717) is 11.0 Å². The molecule has 0 unspecified atom stereocenters. The van der Waals surface area contributed by atoms with Gasteiger partial charge in [-0.2, -0.15) is 0 Å². The van der Waals surface area contributed by atoms with E-state index in [2.05, 4.69) is 20.2 Å². The van der Waals surface area contributed by atoms with Crippen molar-refractivity contribution in [2.75, 3.05) is 0 Å². The van der Waals surface area contributed by atoms with Crippen molar-refractivity contribution in [3.63, 3.8) is 0 Å². The Morgan fingerprint density at radius 2 is 2.00 bits per heavy atom. The van der Waals surface area contributed by atoms with Crippen molar-refractivity contribution in [1.82, 2.24) is 15.2 Å². The van der Waals surface area contributed by atoms with Gasteiger partial charge in [0, 0.05) is 5.56 Å². The van der Waals surface area contributed by atoms with Crippen molar-refractivity contribution in [2.45, 2.75) is 13.3 Å². The lowest BCUT2D eigenvalue weighted by atomic mass is 10.0. The number of aliphatic imine (C=N–C) groups is 1. The molecule has 0 aliphatic rings. The molecule has 25 heavy (non-hydrogen) atoms. The van der Waals surface area contributed by atoms with Gasteiger partial charge in [0.15, 0.2) is 5.69 Å². The van der Waals surface area contributed by atoms with Gasteiger partial charge in [-0.1, -0.05) is 54.7 Å². The molecule has 6 nitrogen and oxygen atoms in total. The summed E-state index contributed by atoms with van der Waals surface area (Å²) in [5.41, 5.74) is 1.08. The van der Waals surface area contributed by atoms with E-state index in [0.717, 1.165) is 27.8 Å². The standard InChI is InChI=1S/C18H14N4O2S/c1-2-15-21-22-18(25-15)19-10-14-17(23)24-16(20-14)13-9-5-7-11-6-3-4-8-12(11)13/h3-10,23H,2H2,1H3/b19-10+. The minimum Gasteiger partial charge on any atom is -0.479 e. The number of rotatable bonds is 4. The number of hydrogen-bond acceptors (Lipinski definition) is 7. The van der Waals surface area contributed by atoms with Gasteiger partial charge >= 0.3 is 5.95 Å². The van der Waals surface area contributed by atoms with Crippen LogP contribution in [-0.4, -0.2) is 26.5 Å². The molecule has 0 amide bonds. The zero-order chi connectivity index (χ0) is 17.2. The predicted molar refractivity (Wildman–Crippen MR) is 97.7 cm³/mol. The Labute approximate surface area is 147 Å². The summed E-state index contributed by atoms with van der Waals surface area (Å²) in [4.78, 5) is 8.58. The average molecular weight is 350 g/mol. The molecule has 2 aromatic heterocycles. The van der Waals surface area contributed by atoms with Gasteiger partial charge in [-0.15, -0.1) is 10.2 Å². The fourth-order valence-corrected chi connectivity index (χ4v) is 3.12. The maximum absolute atomic E-state index is 10.0. The number of aromatic nitrogens is 3. The summed E-state index contributed by atoms with van der Waals surface area (Å²) in [6.07, 6.45) is 2.25. The molecule has 0 aliphatic heterocycles. The van der Waals surface area contributed by atoms with Crippen molar-refractivity contribution in [1.29, 1.82) is 0 Å². The molecule has 4 aromatic rings. The van der Waals surface area contributed by atoms with Crippen LogP contribution < -0.4 is 0 Å². The van der Waals surface area contributed by atoms with E-state index in [9.17, 15) is 5.11 Å². The predicted octanol–water partition coefficient (Wildman–Crippen LogP) is 4.36. The molecule has 2 heterocycles. The third kappa shape index (κ3) is 3.01. The van der Waals surface area contributed by atoms with Crippen LogP contribution in [0.3, 0.4) is 0 Å². The van der Waals surface area contributed by atoms with Crippen molar-refractivity contribution in [2.24, 2.45) is 4.99 Å². The molecule has 1 N–H and O–H groups in total. The summed E-state index contributed by atoms with van der Waals surface area (Å²) in [7, 11) is 0. The number of aromatic hydroxyl groups is 1. The van der Waals surface area contributed by atoms with Crippen LogP contribution in [0, 0.1) is 0 Å². The number of aryl methyl sites for hydroxylation is 1. The first-order valence-electron chi connectivity index (χ1n) is 7.79. The molecular formula is C18H14N4O2S. The molecule has 0 saturated heterocycles. The molecule has 0 saturated carbocycles. The zero-order valence-corrected chi connectivity index (χ0v) is 14.2. The van der Waals surface area contributed by atoms with E-state index in [4.69, 9.17) is 4.42 Å². The summed E-state index contributed by atoms with van der Waals surface area (Å²) in [6, 6.07) is 13.8. The molecule has 0 fully saturated rings. The largest absolute Gasteiger partial charge is 0.479 e. The van der Waals surface area contributed by atoms with Gasteiger partial charge in [-0.25, -0.2) is 9.98 Å². The van der Waals surface area contributed by atoms with Crippen LogP contribution in [0.5, 0.6) is 5.95 Å². The number of hydrogen-bond donors (Lipinski definition) is 1. The second-order valence-electron chi connectivity index (χ2n) is 5.33. The van der Waals surface area contributed by atoms with E-state index < -0.39 is 0 Å². The Balaban J connectivity index is 1.70. The Kier molecular flexibility index (Phi) is 3.99. The quantitative estimate of drug-likeness (QED) is 0.553. The van der Waals surface area contributed by atoms with Crippen LogP contribution in [0.4, 0.5) is 5.13 Å². The Morgan fingerprint density at radius 1 is 1.16 bits per heavy atom. The fraction of sp³-hybridized carbons (Fsp3) is 0.111. The molecular weight excluding hydrogens is 336 g/mol. The first-order chi connectivity index (χ1) is 12.2. The third-order valence-corrected chi connectivity index (χ3v) is 4.69. The van der Waals surface area contributed by atoms with Gasteiger partial charge in [0.1, 0.15) is 5.01 Å². The van der Waals surface area contributed by atoms with Crippen molar-refractivity contribution in [3.05, 3.63) is 53.2 Å². The monoisotopic (exact) mass is 350 g/mol. The number of fused-ring (bicyclic) bond motifs is 1. The fourth-order valence-electron chi connectivity index (χ4n) is 2.49. The Morgan fingerprint density at radius 3 is 2.84 bits per heavy atom. The van der Waals surface area contributed by atoms with Crippen molar-refractivity contribution < 1.29 is 9.52 Å². The van der Waals surface area contributed by atoms with Crippen LogP contribution in [0.15, 0.2) is 51.9 Å². The lowest BCUT2D eigenvalue weighted by molar-refractivity contribution is 0.337. The number of benzene rings is 2. The Bertz CT molecular complexity index is 1060. The van der Waals surface area contributed by atoms with E-state index in [1.165, 1.54) is 17.6 Å². The van der Waals surface area contributed by atoms with Crippen LogP contribution in [0.2, 0.25) is 0 Å². The highest BCUT2D eigenvalue weighted by Gasteiger charge is 2.14. The highest BCUT2D eigenvalue weighted by atomic mass is 32.1. The maximum Gasteiger partial charge on any atom is 0.312 e. The number of nitrogens with zero attached hydrogens (tertiary/aromatic N) is 4. The molecule has 7 heteroatoms. The van der Waals surface area contributed by atoms with Crippen LogP contribution in [-0.2, 0) is 6.42 Å². The van der Waals surface area contributed by atoms with Gasteiger partial charge in [-0.3, -0.25) is 0 Å². The van der Waals surface area contributed by atoms with E-state index >= 15 is 0 Å². The summed E-state index contributed by atoms with van der Waals surface area (Å²) in [5.74, 6) is 0.0779. The van der Waals surface area contributed by atoms with Gasteiger partial charge in [-0.05, 0) is 23.3 Å². The first-order valence-corrected chi connectivity index (χ1v) is 8.60. The van der Waals surface area contributed by atoms with Gasteiger partial charge in [0.25, 0.3) is 0 Å². The molecule has 0 spiro atoms. The molecule has 0 bridgehead atoms. The summed E-state index contributed by atoms with van der Waals surface area (Å²) < 4.78 is 5.44. The normalized spacial score (nSPS) is 11.6. The molecule has 4 rings (SSSR count). The SMILES string of the molecule is CCc1nnc(/N=C/c2nc(-c3cccc4ccccc34)oc2O)s1. The van der Waals surface area contributed by atoms with E-state index in [1.807, 2.05) is 49.4 Å². The average Bonchev–Trinajstić information content (AvgIpc) is 3.25. The summed E-state index contributed by atoms with van der Waals surface area (Å²) in [6.45, 7) is 2.01. The second-order valence-corrected chi connectivity index (χ2v) is 6.37. The smallest absolute Gasteiger partial charge is 0.312 e. The topological polar surface area (TPSA) is 84.4 Å². The highest BCUT2D eigenvalue weighted by Crippen LogP contribution is 2.31.